The van der Waals surface area contributed by atoms with Crippen LogP contribution in [0.2, 0.25) is 0 Å². The Morgan fingerprint density at radius 2 is 1.95 bits per heavy atom. The van der Waals surface area contributed by atoms with Crippen LogP contribution in [0.5, 0.6) is 11.5 Å². The summed E-state index contributed by atoms with van der Waals surface area (Å²) in [6.07, 6.45) is 1.27. The van der Waals surface area contributed by atoms with Gasteiger partial charge in [0.2, 0.25) is 0 Å². The number of benzene rings is 1. The van der Waals surface area contributed by atoms with E-state index in [1.807, 2.05) is 31.2 Å². The van der Waals surface area contributed by atoms with Crippen LogP contribution in [0, 0.1) is 5.92 Å². The first-order valence-corrected chi connectivity index (χ1v) is 7.40. The van der Waals surface area contributed by atoms with Gasteiger partial charge in [-0.05, 0) is 43.5 Å². The molecule has 21 heavy (non-hydrogen) atoms. The van der Waals surface area contributed by atoms with Crippen LogP contribution in [0.3, 0.4) is 0 Å². The van der Waals surface area contributed by atoms with Gasteiger partial charge >= 0.3 is 0 Å². The number of ether oxygens (including phenoxy) is 2. The lowest BCUT2D eigenvalue weighted by Crippen LogP contribution is -2.43. The first kappa shape index (κ1) is 15.5. The number of rotatable bonds is 6. The third-order valence-electron chi connectivity index (χ3n) is 3.61. The summed E-state index contributed by atoms with van der Waals surface area (Å²) in [5.41, 5.74) is 0. The fraction of sp³-hybridized carbons (Fsp3) is 0.562. The van der Waals surface area contributed by atoms with Crippen molar-refractivity contribution in [2.45, 2.75) is 32.4 Å². The van der Waals surface area contributed by atoms with Crippen molar-refractivity contribution in [1.82, 2.24) is 10.6 Å². The first-order chi connectivity index (χ1) is 10.1. The van der Waals surface area contributed by atoms with Crippen molar-refractivity contribution >= 4 is 5.96 Å². The van der Waals surface area contributed by atoms with Crippen molar-refractivity contribution in [2.75, 3.05) is 20.7 Å². The van der Waals surface area contributed by atoms with Gasteiger partial charge in [0, 0.05) is 13.1 Å². The maximum Gasteiger partial charge on any atom is 0.191 e. The Labute approximate surface area is 126 Å². The molecule has 1 fully saturated rings. The Kier molecular flexibility index (Phi) is 5.31. The van der Waals surface area contributed by atoms with E-state index in [2.05, 4.69) is 22.5 Å². The second kappa shape index (κ2) is 7.20. The van der Waals surface area contributed by atoms with E-state index in [0.717, 1.165) is 23.4 Å². The van der Waals surface area contributed by atoms with Crippen LogP contribution < -0.4 is 20.1 Å². The van der Waals surface area contributed by atoms with Gasteiger partial charge in [0.05, 0.1) is 13.7 Å². The quantitative estimate of drug-likeness (QED) is 0.622. The summed E-state index contributed by atoms with van der Waals surface area (Å²) in [6.45, 7) is 4.97. The molecule has 5 nitrogen and oxygen atoms in total. The second-order valence-electron chi connectivity index (χ2n) is 5.52. The molecule has 0 aromatic heterocycles. The zero-order valence-electron chi connectivity index (χ0n) is 13.2. The Morgan fingerprint density at radius 3 is 2.48 bits per heavy atom. The number of guanidine groups is 1. The molecule has 116 valence electrons. The van der Waals surface area contributed by atoms with E-state index in [1.165, 1.54) is 6.42 Å². The lowest BCUT2D eigenvalue weighted by molar-refractivity contribution is 0.223. The average molecular weight is 291 g/mol. The normalized spacial score (nSPS) is 22.4. The van der Waals surface area contributed by atoms with Gasteiger partial charge in [-0.25, -0.2) is 0 Å². The zero-order valence-corrected chi connectivity index (χ0v) is 13.2. The number of nitrogens with zero attached hydrogens (tertiary/aromatic N) is 1. The molecule has 1 aliphatic rings. The van der Waals surface area contributed by atoms with Crippen molar-refractivity contribution in [3.05, 3.63) is 24.3 Å². The highest BCUT2D eigenvalue weighted by atomic mass is 16.5. The highest BCUT2D eigenvalue weighted by Gasteiger charge is 2.33. The van der Waals surface area contributed by atoms with Gasteiger partial charge in [-0.1, -0.05) is 6.92 Å². The fourth-order valence-electron chi connectivity index (χ4n) is 2.06. The van der Waals surface area contributed by atoms with Crippen LogP contribution in [0.25, 0.3) is 0 Å². The van der Waals surface area contributed by atoms with Crippen molar-refractivity contribution in [3.8, 4) is 11.5 Å². The average Bonchev–Trinajstić information content (AvgIpc) is 3.19. The summed E-state index contributed by atoms with van der Waals surface area (Å²) < 4.78 is 11.0. The van der Waals surface area contributed by atoms with E-state index in [1.54, 1.807) is 14.2 Å². The molecular weight excluding hydrogens is 266 g/mol. The molecule has 3 atom stereocenters. The topological polar surface area (TPSA) is 54.9 Å². The van der Waals surface area contributed by atoms with Gasteiger partial charge in [0.1, 0.15) is 17.6 Å². The third kappa shape index (κ3) is 4.85. The van der Waals surface area contributed by atoms with Gasteiger partial charge in [-0.2, -0.15) is 0 Å². The lowest BCUT2D eigenvalue weighted by Gasteiger charge is -2.18. The summed E-state index contributed by atoms with van der Waals surface area (Å²) >= 11 is 0. The Balaban J connectivity index is 1.74. The first-order valence-electron chi connectivity index (χ1n) is 7.40. The minimum absolute atomic E-state index is 0.0496. The summed E-state index contributed by atoms with van der Waals surface area (Å²) in [6, 6.07) is 8.17. The largest absolute Gasteiger partial charge is 0.497 e. The zero-order chi connectivity index (χ0) is 15.2. The lowest BCUT2D eigenvalue weighted by atomic mass is 10.3. The molecular formula is C16H25N3O2. The molecule has 1 saturated carbocycles. The summed E-state index contributed by atoms with van der Waals surface area (Å²) in [4.78, 5) is 4.23. The Morgan fingerprint density at radius 1 is 1.33 bits per heavy atom. The molecule has 5 heteroatoms. The Hall–Kier alpha value is -1.91. The predicted molar refractivity (Wildman–Crippen MR) is 85.2 cm³/mol. The van der Waals surface area contributed by atoms with Crippen molar-refractivity contribution in [3.63, 3.8) is 0 Å². The standard InChI is InChI=1S/C16H25N3O2/c1-11-9-15(11)19-16(17-3)18-10-12(2)21-14-7-5-13(20-4)6-8-14/h5-8,11-12,15H,9-10H2,1-4H3,(H2,17,18,19). The van der Waals surface area contributed by atoms with E-state index in [0.29, 0.717) is 12.6 Å². The van der Waals surface area contributed by atoms with E-state index < -0.39 is 0 Å². The maximum atomic E-state index is 5.85. The number of methoxy groups -OCH3 is 1. The Bertz CT molecular complexity index is 473. The number of nitrogens with one attached hydrogen (secondary N) is 2. The van der Waals surface area contributed by atoms with Crippen LogP contribution >= 0.6 is 0 Å². The smallest absolute Gasteiger partial charge is 0.191 e. The summed E-state index contributed by atoms with van der Waals surface area (Å²) in [5.74, 6) is 3.26. The molecule has 2 N–H and O–H groups in total. The van der Waals surface area contributed by atoms with Crippen LogP contribution in [-0.2, 0) is 0 Å². The number of hydrogen-bond donors (Lipinski definition) is 2. The molecule has 1 aromatic carbocycles. The van der Waals surface area contributed by atoms with Crippen LogP contribution in [-0.4, -0.2) is 38.8 Å². The van der Waals surface area contributed by atoms with Crippen molar-refractivity contribution in [2.24, 2.45) is 10.9 Å². The molecule has 0 saturated heterocycles. The molecule has 2 rings (SSSR count). The molecule has 1 aliphatic carbocycles. The van der Waals surface area contributed by atoms with E-state index in [-0.39, 0.29) is 6.10 Å². The fourth-order valence-corrected chi connectivity index (χ4v) is 2.06. The van der Waals surface area contributed by atoms with Crippen LogP contribution in [0.1, 0.15) is 20.3 Å². The van der Waals surface area contributed by atoms with Gasteiger partial charge in [0.25, 0.3) is 0 Å². The van der Waals surface area contributed by atoms with Crippen molar-refractivity contribution in [1.29, 1.82) is 0 Å². The molecule has 0 heterocycles. The second-order valence-corrected chi connectivity index (χ2v) is 5.52. The van der Waals surface area contributed by atoms with Gasteiger partial charge < -0.3 is 20.1 Å². The summed E-state index contributed by atoms with van der Waals surface area (Å²) in [5, 5.41) is 6.68. The van der Waals surface area contributed by atoms with Gasteiger partial charge in [0.15, 0.2) is 5.96 Å². The van der Waals surface area contributed by atoms with E-state index in [9.17, 15) is 0 Å². The molecule has 0 aliphatic heterocycles. The highest BCUT2D eigenvalue weighted by Crippen LogP contribution is 2.28. The maximum absolute atomic E-state index is 5.85. The molecule has 1 aromatic rings. The minimum atomic E-state index is 0.0496. The highest BCUT2D eigenvalue weighted by molar-refractivity contribution is 5.80. The molecule has 0 radical (unpaired) electrons. The molecule has 3 unspecified atom stereocenters. The SMILES string of the molecule is CN=C(NCC(C)Oc1ccc(OC)cc1)NC1CC1C. The van der Waals surface area contributed by atoms with Crippen LogP contribution in [0.15, 0.2) is 29.3 Å². The minimum Gasteiger partial charge on any atom is -0.497 e. The number of aliphatic imine (C=N–C) groups is 1. The van der Waals surface area contributed by atoms with E-state index in [4.69, 9.17) is 9.47 Å². The van der Waals surface area contributed by atoms with Gasteiger partial charge in [-0.3, -0.25) is 4.99 Å². The van der Waals surface area contributed by atoms with Gasteiger partial charge in [-0.15, -0.1) is 0 Å². The molecule has 0 bridgehead atoms. The third-order valence-corrected chi connectivity index (χ3v) is 3.61. The van der Waals surface area contributed by atoms with Crippen molar-refractivity contribution < 1.29 is 9.47 Å². The van der Waals surface area contributed by atoms with Crippen LogP contribution in [0.4, 0.5) is 0 Å². The van der Waals surface area contributed by atoms with E-state index >= 15 is 0 Å². The molecule has 0 amide bonds. The predicted octanol–water partition coefficient (Wildman–Crippen LogP) is 2.04. The monoisotopic (exact) mass is 291 g/mol. The molecule has 0 spiro atoms. The number of hydrogen-bond acceptors (Lipinski definition) is 3. The summed E-state index contributed by atoms with van der Waals surface area (Å²) in [7, 11) is 3.44.